The molecule has 3 rings (SSSR count). The third kappa shape index (κ3) is 3.91. The topological polar surface area (TPSA) is 55.2 Å². The molecule has 2 aromatic rings. The molecule has 0 N–H and O–H groups in total. The van der Waals surface area contributed by atoms with Crippen LogP contribution in [0.1, 0.15) is 50.5 Å². The number of rotatable bonds is 4. The summed E-state index contributed by atoms with van der Waals surface area (Å²) in [6.07, 6.45) is 9.05. The number of carbonyl (C=O) groups is 1. The molecule has 0 atom stereocenters. The summed E-state index contributed by atoms with van der Waals surface area (Å²) in [5, 5.41) is 0.618. The first-order chi connectivity index (χ1) is 12.1. The fourth-order valence-corrected chi connectivity index (χ4v) is 3.74. The Kier molecular flexibility index (Phi) is 5.51. The number of amides is 1. The van der Waals surface area contributed by atoms with E-state index in [1.807, 2.05) is 31.0 Å². The van der Waals surface area contributed by atoms with Gasteiger partial charge in [-0.25, -0.2) is 4.98 Å². The van der Waals surface area contributed by atoms with Crippen molar-refractivity contribution in [3.8, 4) is 0 Å². The molecule has 1 aromatic heterocycles. The number of hydrogen-bond donors (Lipinski definition) is 0. The van der Waals surface area contributed by atoms with E-state index >= 15 is 0 Å². The molecule has 0 unspecified atom stereocenters. The van der Waals surface area contributed by atoms with Crippen LogP contribution in [0, 0.1) is 6.92 Å². The fourth-order valence-electron chi connectivity index (χ4n) is 3.74. The molecule has 5 heteroatoms. The lowest BCUT2D eigenvalue weighted by Gasteiger charge is -2.27. The van der Waals surface area contributed by atoms with E-state index in [-0.39, 0.29) is 11.5 Å². The minimum atomic E-state index is -0.0707. The minimum Gasteiger partial charge on any atom is -0.343 e. The maximum Gasteiger partial charge on any atom is 0.261 e. The van der Waals surface area contributed by atoms with Crippen molar-refractivity contribution in [2.75, 3.05) is 7.05 Å². The molecule has 0 radical (unpaired) electrons. The van der Waals surface area contributed by atoms with Crippen LogP contribution in [0.3, 0.4) is 0 Å². The van der Waals surface area contributed by atoms with Gasteiger partial charge in [-0.1, -0.05) is 37.8 Å². The third-order valence-electron chi connectivity index (χ3n) is 5.39. The predicted molar refractivity (Wildman–Crippen MR) is 99.6 cm³/mol. The van der Waals surface area contributed by atoms with Gasteiger partial charge in [0.2, 0.25) is 5.91 Å². The third-order valence-corrected chi connectivity index (χ3v) is 5.39. The fraction of sp³-hybridized carbons (Fsp3) is 0.550. The van der Waals surface area contributed by atoms with Gasteiger partial charge in [0.05, 0.1) is 17.2 Å². The van der Waals surface area contributed by atoms with Gasteiger partial charge in [-0.3, -0.25) is 14.2 Å². The van der Waals surface area contributed by atoms with Crippen molar-refractivity contribution in [1.82, 2.24) is 14.5 Å². The van der Waals surface area contributed by atoms with Crippen LogP contribution >= 0.6 is 0 Å². The number of nitrogens with zero attached hydrogens (tertiary/aromatic N) is 3. The smallest absolute Gasteiger partial charge is 0.261 e. The van der Waals surface area contributed by atoms with Crippen molar-refractivity contribution >= 4 is 16.8 Å². The Labute approximate surface area is 148 Å². The van der Waals surface area contributed by atoms with E-state index in [1.54, 1.807) is 17.0 Å². The molecule has 1 aliphatic rings. The molecule has 25 heavy (non-hydrogen) atoms. The Morgan fingerprint density at radius 2 is 1.96 bits per heavy atom. The maximum atomic E-state index is 12.6. The van der Waals surface area contributed by atoms with Crippen molar-refractivity contribution in [1.29, 1.82) is 0 Å². The first-order valence-corrected chi connectivity index (χ1v) is 9.28. The maximum absolute atomic E-state index is 12.6. The summed E-state index contributed by atoms with van der Waals surface area (Å²) in [7, 11) is 1.91. The lowest BCUT2D eigenvalue weighted by atomic mass is 10.1. The predicted octanol–water partition coefficient (Wildman–Crippen LogP) is 3.28. The Hall–Kier alpha value is -2.17. The summed E-state index contributed by atoms with van der Waals surface area (Å²) in [6.45, 7) is 2.33. The summed E-state index contributed by atoms with van der Waals surface area (Å²) in [5.74, 6) is 0.114. The average molecular weight is 341 g/mol. The van der Waals surface area contributed by atoms with Crippen molar-refractivity contribution in [2.45, 2.75) is 64.5 Å². The number of hydrogen-bond acceptors (Lipinski definition) is 3. The van der Waals surface area contributed by atoms with Crippen LogP contribution in [-0.2, 0) is 11.3 Å². The second-order valence-corrected chi connectivity index (χ2v) is 7.11. The molecule has 134 valence electrons. The highest BCUT2D eigenvalue weighted by Gasteiger charge is 2.21. The van der Waals surface area contributed by atoms with Gasteiger partial charge < -0.3 is 4.90 Å². The van der Waals surface area contributed by atoms with E-state index in [0.717, 1.165) is 23.9 Å². The zero-order chi connectivity index (χ0) is 17.8. The highest BCUT2D eigenvalue weighted by Crippen LogP contribution is 2.21. The van der Waals surface area contributed by atoms with Crippen molar-refractivity contribution in [3.63, 3.8) is 0 Å². The van der Waals surface area contributed by atoms with E-state index in [1.165, 1.54) is 25.7 Å². The van der Waals surface area contributed by atoms with E-state index in [0.29, 0.717) is 24.4 Å². The van der Waals surface area contributed by atoms with Gasteiger partial charge in [-0.15, -0.1) is 0 Å². The van der Waals surface area contributed by atoms with E-state index < -0.39 is 0 Å². The summed E-state index contributed by atoms with van der Waals surface area (Å²) < 4.78 is 1.56. The summed E-state index contributed by atoms with van der Waals surface area (Å²) in [5.41, 5.74) is 1.66. The molecule has 0 aliphatic heterocycles. The lowest BCUT2D eigenvalue weighted by Crippen LogP contribution is -2.37. The number of benzene rings is 1. The first-order valence-electron chi connectivity index (χ1n) is 9.28. The quantitative estimate of drug-likeness (QED) is 0.802. The minimum absolute atomic E-state index is 0.0707. The second kappa shape index (κ2) is 7.81. The van der Waals surface area contributed by atoms with E-state index in [9.17, 15) is 9.59 Å². The standard InChI is InChI=1S/C20H27N3O2/c1-15-8-7-11-17-19(15)21-14-23(20(17)25)13-12-18(24)22(2)16-9-5-3-4-6-10-16/h7-8,11,14,16H,3-6,9-10,12-13H2,1-2H3. The highest BCUT2D eigenvalue weighted by atomic mass is 16.2. The van der Waals surface area contributed by atoms with E-state index in [2.05, 4.69) is 4.98 Å². The van der Waals surface area contributed by atoms with Gasteiger partial charge in [0.25, 0.3) is 5.56 Å². The zero-order valence-corrected chi connectivity index (χ0v) is 15.2. The number of carbonyl (C=O) groups excluding carboxylic acids is 1. The van der Waals surface area contributed by atoms with Crippen molar-refractivity contribution in [2.24, 2.45) is 0 Å². The molecule has 1 aliphatic carbocycles. The van der Waals surface area contributed by atoms with Gasteiger partial charge in [-0.05, 0) is 31.4 Å². The molecule has 0 bridgehead atoms. The first kappa shape index (κ1) is 17.6. The Morgan fingerprint density at radius 3 is 2.68 bits per heavy atom. The van der Waals surface area contributed by atoms with Gasteiger partial charge in [0.15, 0.2) is 0 Å². The molecular weight excluding hydrogens is 314 g/mol. The second-order valence-electron chi connectivity index (χ2n) is 7.11. The van der Waals surface area contributed by atoms with Crippen LogP contribution in [0.5, 0.6) is 0 Å². The Morgan fingerprint density at radius 1 is 1.24 bits per heavy atom. The number of fused-ring (bicyclic) bond motifs is 1. The molecule has 5 nitrogen and oxygen atoms in total. The van der Waals surface area contributed by atoms with Crippen LogP contribution in [0.25, 0.3) is 10.9 Å². The molecule has 0 saturated heterocycles. The monoisotopic (exact) mass is 341 g/mol. The van der Waals surface area contributed by atoms with E-state index in [4.69, 9.17) is 0 Å². The number of aromatic nitrogens is 2. The molecule has 1 fully saturated rings. The molecule has 1 aromatic carbocycles. The lowest BCUT2D eigenvalue weighted by molar-refractivity contribution is -0.132. The molecule has 1 saturated carbocycles. The number of aryl methyl sites for hydroxylation is 2. The largest absolute Gasteiger partial charge is 0.343 e. The Balaban J connectivity index is 1.68. The van der Waals surface area contributed by atoms with Gasteiger partial charge >= 0.3 is 0 Å². The number of para-hydroxylation sites is 1. The van der Waals surface area contributed by atoms with Crippen molar-refractivity contribution in [3.05, 3.63) is 40.4 Å². The SMILES string of the molecule is Cc1cccc2c(=O)n(CCC(=O)N(C)C3CCCCCC3)cnc12. The summed E-state index contributed by atoms with van der Waals surface area (Å²) in [4.78, 5) is 31.5. The highest BCUT2D eigenvalue weighted by molar-refractivity contribution is 5.80. The summed E-state index contributed by atoms with van der Waals surface area (Å²) >= 11 is 0. The molecule has 0 spiro atoms. The summed E-state index contributed by atoms with van der Waals surface area (Å²) in [6, 6.07) is 5.97. The van der Waals surface area contributed by atoms with Crippen LogP contribution < -0.4 is 5.56 Å². The Bertz CT molecular complexity index is 804. The normalized spacial score (nSPS) is 15.9. The molecular formula is C20H27N3O2. The van der Waals surface area contributed by atoms with Gasteiger partial charge in [-0.2, -0.15) is 0 Å². The average Bonchev–Trinajstić information content (AvgIpc) is 2.90. The van der Waals surface area contributed by atoms with Crippen LogP contribution in [0.4, 0.5) is 0 Å². The van der Waals surface area contributed by atoms with Gasteiger partial charge in [0, 0.05) is 26.1 Å². The molecule has 1 heterocycles. The van der Waals surface area contributed by atoms with Crippen LogP contribution in [0.2, 0.25) is 0 Å². The van der Waals surface area contributed by atoms with Crippen molar-refractivity contribution < 1.29 is 4.79 Å². The molecule has 1 amide bonds. The van der Waals surface area contributed by atoms with Crippen LogP contribution in [0.15, 0.2) is 29.3 Å². The van der Waals surface area contributed by atoms with Crippen LogP contribution in [-0.4, -0.2) is 33.4 Å². The zero-order valence-electron chi connectivity index (χ0n) is 15.2. The van der Waals surface area contributed by atoms with Gasteiger partial charge in [0.1, 0.15) is 0 Å².